The molecule has 1 aromatic carbocycles. The minimum Gasteiger partial charge on any atom is -0.357 e. The third kappa shape index (κ3) is 5.61. The standard InChI is InChI=1S/C14H20BrN3O2/c1-9(2)8-12(13(19)16-3)18-14(20)17-11-6-4-10(15)5-7-11/h4-7,9,12H,8H2,1-3H3,(H,16,19)(H2,17,18,20)/t12-/m0/s1. The van der Waals surface area contributed by atoms with Gasteiger partial charge in [0.1, 0.15) is 6.04 Å². The van der Waals surface area contributed by atoms with Crippen molar-refractivity contribution in [2.45, 2.75) is 26.3 Å². The third-order valence-electron chi connectivity index (χ3n) is 2.68. The maximum atomic E-state index is 11.9. The molecule has 1 rings (SSSR count). The molecule has 0 radical (unpaired) electrons. The largest absolute Gasteiger partial charge is 0.357 e. The molecular weight excluding hydrogens is 322 g/mol. The Labute approximate surface area is 127 Å². The molecule has 1 atom stereocenters. The number of urea groups is 1. The Hall–Kier alpha value is -1.56. The number of rotatable bonds is 5. The average molecular weight is 342 g/mol. The fourth-order valence-electron chi connectivity index (χ4n) is 1.74. The molecule has 0 fully saturated rings. The summed E-state index contributed by atoms with van der Waals surface area (Å²) >= 11 is 3.33. The summed E-state index contributed by atoms with van der Waals surface area (Å²) in [5.41, 5.74) is 0.672. The van der Waals surface area contributed by atoms with Crippen molar-refractivity contribution in [1.82, 2.24) is 10.6 Å². The van der Waals surface area contributed by atoms with E-state index in [1.165, 1.54) is 0 Å². The molecule has 5 nitrogen and oxygen atoms in total. The first kappa shape index (κ1) is 16.5. The maximum absolute atomic E-state index is 11.9. The average Bonchev–Trinajstić information content (AvgIpc) is 2.39. The van der Waals surface area contributed by atoms with E-state index in [1.54, 1.807) is 19.2 Å². The maximum Gasteiger partial charge on any atom is 0.319 e. The predicted octanol–water partition coefficient (Wildman–Crippen LogP) is 2.73. The molecule has 0 aliphatic carbocycles. The summed E-state index contributed by atoms with van der Waals surface area (Å²) in [5, 5.41) is 7.95. The van der Waals surface area contributed by atoms with Crippen LogP contribution in [0.2, 0.25) is 0 Å². The van der Waals surface area contributed by atoms with Gasteiger partial charge in [-0.15, -0.1) is 0 Å². The lowest BCUT2D eigenvalue weighted by atomic mass is 10.0. The molecule has 0 aliphatic heterocycles. The van der Waals surface area contributed by atoms with Gasteiger partial charge in [0.2, 0.25) is 5.91 Å². The number of amides is 3. The van der Waals surface area contributed by atoms with E-state index in [4.69, 9.17) is 0 Å². The second-order valence-corrected chi connectivity index (χ2v) is 5.82. The molecule has 0 spiro atoms. The monoisotopic (exact) mass is 341 g/mol. The molecule has 0 aromatic heterocycles. The molecule has 6 heteroatoms. The van der Waals surface area contributed by atoms with Gasteiger partial charge in [-0.05, 0) is 36.6 Å². The zero-order valence-corrected chi connectivity index (χ0v) is 13.5. The Morgan fingerprint density at radius 1 is 1.20 bits per heavy atom. The van der Waals surface area contributed by atoms with Crippen LogP contribution in [0.1, 0.15) is 20.3 Å². The van der Waals surface area contributed by atoms with Crippen LogP contribution in [0.15, 0.2) is 28.7 Å². The van der Waals surface area contributed by atoms with Crippen molar-refractivity contribution in [2.24, 2.45) is 5.92 Å². The summed E-state index contributed by atoms with van der Waals surface area (Å²) in [4.78, 5) is 23.6. The fourth-order valence-corrected chi connectivity index (χ4v) is 2.00. The first-order valence-electron chi connectivity index (χ1n) is 6.47. The molecule has 0 saturated heterocycles. The summed E-state index contributed by atoms with van der Waals surface area (Å²) in [5.74, 6) is 0.120. The number of carbonyl (C=O) groups excluding carboxylic acids is 2. The fraction of sp³-hybridized carbons (Fsp3) is 0.429. The van der Waals surface area contributed by atoms with E-state index in [2.05, 4.69) is 31.9 Å². The molecule has 3 N–H and O–H groups in total. The van der Waals surface area contributed by atoms with E-state index in [1.807, 2.05) is 26.0 Å². The zero-order chi connectivity index (χ0) is 15.1. The van der Waals surface area contributed by atoms with Crippen molar-refractivity contribution in [3.05, 3.63) is 28.7 Å². The molecule has 0 unspecified atom stereocenters. The topological polar surface area (TPSA) is 70.2 Å². The summed E-state index contributed by atoms with van der Waals surface area (Å²) in [7, 11) is 1.56. The molecule has 0 heterocycles. The van der Waals surface area contributed by atoms with Gasteiger partial charge in [-0.1, -0.05) is 29.8 Å². The number of carbonyl (C=O) groups is 2. The molecule has 1 aromatic rings. The Bertz CT molecular complexity index is 460. The van der Waals surface area contributed by atoms with Crippen LogP contribution in [-0.4, -0.2) is 25.0 Å². The van der Waals surface area contributed by atoms with Gasteiger partial charge in [-0.25, -0.2) is 4.79 Å². The van der Waals surface area contributed by atoms with Crippen molar-refractivity contribution in [1.29, 1.82) is 0 Å². The Balaban J connectivity index is 2.61. The quantitative estimate of drug-likeness (QED) is 0.770. The van der Waals surface area contributed by atoms with Crippen LogP contribution in [0.25, 0.3) is 0 Å². The lowest BCUT2D eigenvalue weighted by molar-refractivity contribution is -0.122. The first-order valence-corrected chi connectivity index (χ1v) is 7.26. The molecular formula is C14H20BrN3O2. The van der Waals surface area contributed by atoms with Crippen LogP contribution in [0.4, 0.5) is 10.5 Å². The summed E-state index contributed by atoms with van der Waals surface area (Å²) in [6, 6.07) is 6.30. The van der Waals surface area contributed by atoms with Crippen LogP contribution >= 0.6 is 15.9 Å². The van der Waals surface area contributed by atoms with Gasteiger partial charge in [0.05, 0.1) is 0 Å². The van der Waals surface area contributed by atoms with Crippen LogP contribution in [-0.2, 0) is 4.79 Å². The highest BCUT2D eigenvalue weighted by Crippen LogP contribution is 2.14. The van der Waals surface area contributed by atoms with Gasteiger partial charge in [0.15, 0.2) is 0 Å². The highest BCUT2D eigenvalue weighted by molar-refractivity contribution is 9.10. The minimum atomic E-state index is -0.532. The number of likely N-dealkylation sites (N-methyl/N-ethyl adjacent to an activating group) is 1. The second kappa shape index (κ2) is 7.89. The highest BCUT2D eigenvalue weighted by atomic mass is 79.9. The van der Waals surface area contributed by atoms with E-state index >= 15 is 0 Å². The van der Waals surface area contributed by atoms with Crippen molar-refractivity contribution >= 4 is 33.6 Å². The van der Waals surface area contributed by atoms with Gasteiger partial charge in [0.25, 0.3) is 0 Å². The van der Waals surface area contributed by atoms with Crippen LogP contribution in [0.5, 0.6) is 0 Å². The number of hydrogen-bond donors (Lipinski definition) is 3. The SMILES string of the molecule is CNC(=O)[C@H](CC(C)C)NC(=O)Nc1ccc(Br)cc1. The highest BCUT2D eigenvalue weighted by Gasteiger charge is 2.20. The van der Waals surface area contributed by atoms with Gasteiger partial charge < -0.3 is 16.0 Å². The van der Waals surface area contributed by atoms with Crippen LogP contribution < -0.4 is 16.0 Å². The van der Waals surface area contributed by atoms with Crippen molar-refractivity contribution in [2.75, 3.05) is 12.4 Å². The zero-order valence-electron chi connectivity index (χ0n) is 11.9. The smallest absolute Gasteiger partial charge is 0.319 e. The van der Waals surface area contributed by atoms with Gasteiger partial charge >= 0.3 is 6.03 Å². The van der Waals surface area contributed by atoms with Crippen LogP contribution in [0, 0.1) is 5.92 Å². The van der Waals surface area contributed by atoms with Gasteiger partial charge in [-0.3, -0.25) is 4.79 Å². The lowest BCUT2D eigenvalue weighted by Gasteiger charge is -2.19. The molecule has 0 saturated carbocycles. The number of benzene rings is 1. The lowest BCUT2D eigenvalue weighted by Crippen LogP contribution is -2.47. The van der Waals surface area contributed by atoms with Crippen molar-refractivity contribution < 1.29 is 9.59 Å². The Morgan fingerprint density at radius 2 is 1.80 bits per heavy atom. The van der Waals surface area contributed by atoms with E-state index in [9.17, 15) is 9.59 Å². The van der Waals surface area contributed by atoms with E-state index in [-0.39, 0.29) is 11.9 Å². The third-order valence-corrected chi connectivity index (χ3v) is 3.21. The first-order chi connectivity index (χ1) is 9.42. The van der Waals surface area contributed by atoms with Crippen LogP contribution in [0.3, 0.4) is 0 Å². The molecule has 20 heavy (non-hydrogen) atoms. The Morgan fingerprint density at radius 3 is 2.30 bits per heavy atom. The van der Waals surface area contributed by atoms with E-state index in [0.29, 0.717) is 18.0 Å². The predicted molar refractivity (Wildman–Crippen MR) is 83.6 cm³/mol. The second-order valence-electron chi connectivity index (χ2n) is 4.90. The van der Waals surface area contributed by atoms with E-state index < -0.39 is 6.04 Å². The van der Waals surface area contributed by atoms with Crippen molar-refractivity contribution in [3.8, 4) is 0 Å². The normalized spacial score (nSPS) is 11.8. The van der Waals surface area contributed by atoms with Gasteiger partial charge in [0, 0.05) is 17.2 Å². The molecule has 0 bridgehead atoms. The Kier molecular flexibility index (Phi) is 6.51. The summed E-state index contributed by atoms with van der Waals surface area (Å²) < 4.78 is 0.937. The molecule has 0 aliphatic rings. The minimum absolute atomic E-state index is 0.190. The summed E-state index contributed by atoms with van der Waals surface area (Å²) in [6.07, 6.45) is 0.591. The van der Waals surface area contributed by atoms with Crippen molar-refractivity contribution in [3.63, 3.8) is 0 Å². The molecule has 3 amide bonds. The number of anilines is 1. The summed E-state index contributed by atoms with van der Waals surface area (Å²) in [6.45, 7) is 4.01. The number of nitrogens with one attached hydrogen (secondary N) is 3. The molecule has 110 valence electrons. The van der Waals surface area contributed by atoms with E-state index in [0.717, 1.165) is 4.47 Å². The number of hydrogen-bond acceptors (Lipinski definition) is 2. The number of halogens is 1. The van der Waals surface area contributed by atoms with Gasteiger partial charge in [-0.2, -0.15) is 0 Å².